The van der Waals surface area contributed by atoms with E-state index in [0.29, 0.717) is 5.69 Å². The second kappa shape index (κ2) is 4.26. The van der Waals surface area contributed by atoms with Crippen LogP contribution in [0.2, 0.25) is 0 Å². The molecule has 0 saturated carbocycles. The van der Waals surface area contributed by atoms with Crippen molar-refractivity contribution >= 4 is 17.5 Å². The van der Waals surface area contributed by atoms with E-state index in [-0.39, 0.29) is 18.4 Å². The van der Waals surface area contributed by atoms with Gasteiger partial charge < -0.3 is 5.32 Å². The van der Waals surface area contributed by atoms with Gasteiger partial charge in [-0.1, -0.05) is 18.2 Å². The molecule has 0 fully saturated rings. The molecule has 2 amide bonds. The molecule has 2 rings (SSSR count). The Morgan fingerprint density at radius 3 is 2.88 bits per heavy atom. The Hall–Kier alpha value is -2.35. The minimum absolute atomic E-state index is 0.00800. The van der Waals surface area contributed by atoms with E-state index < -0.39 is 6.04 Å². The number of para-hydroxylation sites is 1. The molecule has 0 unspecified atom stereocenters. The molecule has 1 aromatic rings. The molecule has 0 aliphatic carbocycles. The van der Waals surface area contributed by atoms with Gasteiger partial charge in [-0.05, 0) is 6.07 Å². The largest absolute Gasteiger partial charge is 0.341 e. The standard InChI is InChI=1S/C12H11N3O2/c1-8(16)14-11-9-4-2-3-5-10(9)15(7-6-13)12(11)17/h2-5,11H,7H2,1H3,(H,14,16)/t11-/m1/s1. The Labute approximate surface area is 98.6 Å². The zero-order chi connectivity index (χ0) is 12.4. The summed E-state index contributed by atoms with van der Waals surface area (Å²) < 4.78 is 0. The van der Waals surface area contributed by atoms with Crippen LogP contribution in [0.3, 0.4) is 0 Å². The highest BCUT2D eigenvalue weighted by atomic mass is 16.2. The highest BCUT2D eigenvalue weighted by Gasteiger charge is 2.37. The van der Waals surface area contributed by atoms with Crippen LogP contribution in [0, 0.1) is 11.3 Å². The number of hydrogen-bond acceptors (Lipinski definition) is 3. The molecular formula is C12H11N3O2. The lowest BCUT2D eigenvalue weighted by molar-refractivity contribution is -0.126. The van der Waals surface area contributed by atoms with E-state index in [2.05, 4.69) is 5.32 Å². The summed E-state index contributed by atoms with van der Waals surface area (Å²) in [6.45, 7) is 1.36. The maximum Gasteiger partial charge on any atom is 0.255 e. The summed E-state index contributed by atoms with van der Waals surface area (Å²) in [4.78, 5) is 24.5. The topological polar surface area (TPSA) is 73.2 Å². The molecule has 1 N–H and O–H groups in total. The van der Waals surface area contributed by atoms with E-state index in [4.69, 9.17) is 5.26 Å². The summed E-state index contributed by atoms with van der Waals surface area (Å²) in [5.74, 6) is -0.528. The Bertz CT molecular complexity index is 519. The summed E-state index contributed by atoms with van der Waals surface area (Å²) in [7, 11) is 0. The number of nitriles is 1. The van der Waals surface area contributed by atoms with E-state index in [0.717, 1.165) is 5.56 Å². The van der Waals surface area contributed by atoms with Crippen LogP contribution in [-0.2, 0) is 9.59 Å². The molecule has 0 radical (unpaired) electrons. The first-order valence-electron chi connectivity index (χ1n) is 5.19. The lowest BCUT2D eigenvalue weighted by Crippen LogP contribution is -2.36. The van der Waals surface area contributed by atoms with Gasteiger partial charge in [0.05, 0.1) is 11.8 Å². The van der Waals surface area contributed by atoms with Crippen LogP contribution in [-0.4, -0.2) is 18.4 Å². The fourth-order valence-corrected chi connectivity index (χ4v) is 1.96. The number of hydrogen-bond donors (Lipinski definition) is 1. The first kappa shape index (κ1) is 11.1. The summed E-state index contributed by atoms with van der Waals surface area (Å²) in [5, 5.41) is 11.3. The highest BCUT2D eigenvalue weighted by Crippen LogP contribution is 2.35. The lowest BCUT2D eigenvalue weighted by atomic mass is 10.1. The number of anilines is 1. The van der Waals surface area contributed by atoms with Crippen molar-refractivity contribution in [1.82, 2.24) is 5.32 Å². The number of benzene rings is 1. The second-order valence-corrected chi connectivity index (χ2v) is 3.77. The van der Waals surface area contributed by atoms with Crippen LogP contribution in [0.1, 0.15) is 18.5 Å². The van der Waals surface area contributed by atoms with Crippen molar-refractivity contribution in [2.45, 2.75) is 13.0 Å². The van der Waals surface area contributed by atoms with Gasteiger partial charge in [0.25, 0.3) is 5.91 Å². The number of carbonyl (C=O) groups is 2. The Kier molecular flexibility index (Phi) is 2.79. The maximum atomic E-state index is 12.0. The molecule has 1 aliphatic rings. The number of nitrogens with one attached hydrogen (secondary N) is 1. The average Bonchev–Trinajstić information content (AvgIpc) is 2.55. The third-order valence-corrected chi connectivity index (χ3v) is 2.63. The van der Waals surface area contributed by atoms with E-state index in [1.165, 1.54) is 11.8 Å². The zero-order valence-corrected chi connectivity index (χ0v) is 9.30. The van der Waals surface area contributed by atoms with Crippen LogP contribution >= 0.6 is 0 Å². The van der Waals surface area contributed by atoms with Gasteiger partial charge in [0, 0.05) is 12.5 Å². The average molecular weight is 229 g/mol. The molecule has 1 aliphatic heterocycles. The molecule has 1 aromatic carbocycles. The van der Waals surface area contributed by atoms with Gasteiger partial charge in [0.1, 0.15) is 12.6 Å². The summed E-state index contributed by atoms with van der Waals surface area (Å²) in [6.07, 6.45) is 0. The summed E-state index contributed by atoms with van der Waals surface area (Å²) in [6, 6.07) is 8.43. The van der Waals surface area contributed by atoms with Crippen LogP contribution in [0.4, 0.5) is 5.69 Å². The van der Waals surface area contributed by atoms with Crippen LogP contribution in [0.15, 0.2) is 24.3 Å². The molecule has 86 valence electrons. The number of fused-ring (bicyclic) bond motifs is 1. The number of carbonyl (C=O) groups excluding carboxylic acids is 2. The molecule has 1 atom stereocenters. The normalized spacial score (nSPS) is 17.5. The van der Waals surface area contributed by atoms with Crippen LogP contribution < -0.4 is 10.2 Å². The molecule has 0 bridgehead atoms. The Balaban J connectivity index is 2.42. The fourth-order valence-electron chi connectivity index (χ4n) is 1.96. The predicted octanol–water partition coefficient (Wildman–Crippen LogP) is 0.734. The van der Waals surface area contributed by atoms with Gasteiger partial charge in [0.15, 0.2) is 0 Å². The zero-order valence-electron chi connectivity index (χ0n) is 9.30. The minimum Gasteiger partial charge on any atom is -0.341 e. The molecule has 0 spiro atoms. The first-order valence-corrected chi connectivity index (χ1v) is 5.19. The minimum atomic E-state index is -0.669. The van der Waals surface area contributed by atoms with Gasteiger partial charge >= 0.3 is 0 Å². The third kappa shape index (κ3) is 1.85. The van der Waals surface area contributed by atoms with Crippen LogP contribution in [0.25, 0.3) is 0 Å². The smallest absolute Gasteiger partial charge is 0.255 e. The van der Waals surface area contributed by atoms with E-state index >= 15 is 0 Å². The second-order valence-electron chi connectivity index (χ2n) is 3.77. The van der Waals surface area contributed by atoms with Gasteiger partial charge in [-0.15, -0.1) is 0 Å². The van der Waals surface area contributed by atoms with Crippen molar-refractivity contribution in [3.8, 4) is 6.07 Å². The molecule has 0 saturated heterocycles. The molecular weight excluding hydrogens is 218 g/mol. The Morgan fingerprint density at radius 2 is 2.24 bits per heavy atom. The molecule has 1 heterocycles. The highest BCUT2D eigenvalue weighted by molar-refractivity contribution is 6.06. The quantitative estimate of drug-likeness (QED) is 0.760. The van der Waals surface area contributed by atoms with Crippen molar-refractivity contribution < 1.29 is 9.59 Å². The van der Waals surface area contributed by atoms with Crippen molar-refractivity contribution in [2.75, 3.05) is 11.4 Å². The monoisotopic (exact) mass is 229 g/mol. The fraction of sp³-hybridized carbons (Fsp3) is 0.250. The molecule has 17 heavy (non-hydrogen) atoms. The summed E-state index contributed by atoms with van der Waals surface area (Å²) in [5.41, 5.74) is 1.43. The van der Waals surface area contributed by atoms with Crippen LogP contribution in [0.5, 0.6) is 0 Å². The molecule has 5 heteroatoms. The van der Waals surface area contributed by atoms with E-state index in [1.807, 2.05) is 6.07 Å². The van der Waals surface area contributed by atoms with E-state index in [1.54, 1.807) is 24.3 Å². The van der Waals surface area contributed by atoms with E-state index in [9.17, 15) is 9.59 Å². The summed E-state index contributed by atoms with van der Waals surface area (Å²) >= 11 is 0. The van der Waals surface area contributed by atoms with Gasteiger partial charge in [-0.2, -0.15) is 5.26 Å². The van der Waals surface area contributed by atoms with Crippen molar-refractivity contribution in [2.24, 2.45) is 0 Å². The van der Waals surface area contributed by atoms with Crippen molar-refractivity contribution in [3.63, 3.8) is 0 Å². The number of rotatable bonds is 2. The third-order valence-electron chi connectivity index (χ3n) is 2.63. The number of amides is 2. The van der Waals surface area contributed by atoms with Crippen molar-refractivity contribution in [3.05, 3.63) is 29.8 Å². The maximum absolute atomic E-state index is 12.0. The Morgan fingerprint density at radius 1 is 1.53 bits per heavy atom. The SMILES string of the molecule is CC(=O)N[C@H]1C(=O)N(CC#N)c2ccccc21. The predicted molar refractivity (Wildman–Crippen MR) is 61.0 cm³/mol. The van der Waals surface area contributed by atoms with Gasteiger partial charge in [-0.3, -0.25) is 14.5 Å². The number of nitrogens with zero attached hydrogens (tertiary/aromatic N) is 2. The van der Waals surface area contributed by atoms with Gasteiger partial charge in [-0.25, -0.2) is 0 Å². The lowest BCUT2D eigenvalue weighted by Gasteiger charge is -2.13. The molecule has 0 aromatic heterocycles. The van der Waals surface area contributed by atoms with Crippen molar-refractivity contribution in [1.29, 1.82) is 5.26 Å². The molecule has 5 nitrogen and oxygen atoms in total. The van der Waals surface area contributed by atoms with Gasteiger partial charge in [0.2, 0.25) is 5.91 Å². The first-order chi connectivity index (χ1) is 8.15.